The number of fused-ring (bicyclic) bond motifs is 1. The highest BCUT2D eigenvalue weighted by Gasteiger charge is 2.06. The molecule has 0 aliphatic carbocycles. The number of hydrogen-bond donors (Lipinski definition) is 5. The van der Waals surface area contributed by atoms with Gasteiger partial charge in [-0.15, -0.1) is 24.8 Å². The maximum absolute atomic E-state index is 7.57. The molecule has 0 saturated carbocycles. The summed E-state index contributed by atoms with van der Waals surface area (Å²) in [5.41, 5.74) is 17.7. The molecule has 148 valence electrons. The number of halogens is 2. The van der Waals surface area contributed by atoms with Crippen LogP contribution in [0.4, 0.5) is 0 Å². The molecule has 4 aromatic rings. The molecule has 1 aromatic heterocycles. The van der Waals surface area contributed by atoms with Gasteiger partial charge in [-0.2, -0.15) is 0 Å². The van der Waals surface area contributed by atoms with Crippen molar-refractivity contribution in [2.24, 2.45) is 11.5 Å². The monoisotopic (exact) mass is 425 g/mol. The van der Waals surface area contributed by atoms with Gasteiger partial charge in [-0.1, -0.05) is 60.7 Å². The van der Waals surface area contributed by atoms with E-state index < -0.39 is 0 Å². The molecule has 0 bridgehead atoms. The Hall–Kier alpha value is -3.28. The number of amidine groups is 2. The fourth-order valence-electron chi connectivity index (χ4n) is 3.13. The molecule has 0 aliphatic rings. The van der Waals surface area contributed by atoms with E-state index in [0.29, 0.717) is 5.56 Å². The van der Waals surface area contributed by atoms with Gasteiger partial charge in [-0.25, -0.2) is 0 Å². The first-order chi connectivity index (χ1) is 13.0. The zero-order valence-corrected chi connectivity index (χ0v) is 17.0. The van der Waals surface area contributed by atoms with Gasteiger partial charge in [-0.3, -0.25) is 10.8 Å². The molecule has 0 radical (unpaired) electrons. The zero-order valence-electron chi connectivity index (χ0n) is 15.4. The average molecular weight is 426 g/mol. The van der Waals surface area contributed by atoms with Crippen LogP contribution in [0, 0.1) is 10.8 Å². The third kappa shape index (κ3) is 4.42. The van der Waals surface area contributed by atoms with Crippen LogP contribution in [0.15, 0.2) is 72.8 Å². The average Bonchev–Trinajstić information content (AvgIpc) is 3.11. The minimum absolute atomic E-state index is 0. The quantitative estimate of drug-likeness (QED) is 0.236. The van der Waals surface area contributed by atoms with E-state index in [4.69, 9.17) is 22.3 Å². The zero-order chi connectivity index (χ0) is 19.0. The molecular weight excluding hydrogens is 405 g/mol. The Morgan fingerprint density at radius 2 is 1.10 bits per heavy atom. The van der Waals surface area contributed by atoms with Crippen LogP contribution >= 0.6 is 24.8 Å². The third-order valence-electron chi connectivity index (χ3n) is 4.66. The largest absolute Gasteiger partial charge is 0.384 e. The first kappa shape index (κ1) is 22.0. The molecule has 1 heterocycles. The van der Waals surface area contributed by atoms with Crippen molar-refractivity contribution in [3.63, 3.8) is 0 Å². The SMILES string of the molecule is Cl.Cl.N=C(N)c1ccc(-c2ccc(-c3cc4ccc(C(=N)N)cc4[nH]3)cc2)cc1. The lowest BCUT2D eigenvalue weighted by Crippen LogP contribution is -2.10. The van der Waals surface area contributed by atoms with Crippen LogP contribution in [0.3, 0.4) is 0 Å². The van der Waals surface area contributed by atoms with E-state index in [1.54, 1.807) is 0 Å². The molecule has 4 rings (SSSR count). The molecule has 0 fully saturated rings. The number of nitrogens with two attached hydrogens (primary N) is 2. The van der Waals surface area contributed by atoms with Crippen molar-refractivity contribution >= 4 is 47.4 Å². The number of rotatable bonds is 4. The number of benzene rings is 3. The van der Waals surface area contributed by atoms with Crippen LogP contribution in [-0.2, 0) is 0 Å². The van der Waals surface area contributed by atoms with Gasteiger partial charge in [0.05, 0.1) is 0 Å². The fourth-order valence-corrected chi connectivity index (χ4v) is 3.13. The fraction of sp³-hybridized carbons (Fsp3) is 0. The number of nitrogens with one attached hydrogen (secondary N) is 3. The molecule has 0 atom stereocenters. The summed E-state index contributed by atoms with van der Waals surface area (Å²) >= 11 is 0. The Bertz CT molecular complexity index is 1160. The first-order valence-electron chi connectivity index (χ1n) is 8.54. The Labute approximate surface area is 181 Å². The summed E-state index contributed by atoms with van der Waals surface area (Å²) in [6, 6.07) is 23.8. The Kier molecular flexibility index (Phi) is 6.69. The molecule has 0 amide bonds. The highest BCUT2D eigenvalue weighted by molar-refractivity contribution is 5.99. The van der Waals surface area contributed by atoms with Gasteiger partial charge in [0.2, 0.25) is 0 Å². The molecule has 7 N–H and O–H groups in total. The molecule has 0 saturated heterocycles. The Morgan fingerprint density at radius 1 is 0.621 bits per heavy atom. The molecule has 0 unspecified atom stereocenters. The lowest BCUT2D eigenvalue weighted by Gasteiger charge is -2.05. The lowest BCUT2D eigenvalue weighted by molar-refractivity contribution is 1.42. The number of nitrogen functional groups attached to an aromatic ring is 2. The van der Waals surface area contributed by atoms with E-state index in [-0.39, 0.29) is 36.5 Å². The second-order valence-corrected chi connectivity index (χ2v) is 6.47. The van der Waals surface area contributed by atoms with Gasteiger partial charge in [0.15, 0.2) is 0 Å². The van der Waals surface area contributed by atoms with Crippen LogP contribution in [0.1, 0.15) is 11.1 Å². The van der Waals surface area contributed by atoms with Crippen LogP contribution in [0.2, 0.25) is 0 Å². The topological polar surface area (TPSA) is 116 Å². The van der Waals surface area contributed by atoms with E-state index >= 15 is 0 Å². The smallest absolute Gasteiger partial charge is 0.122 e. The summed E-state index contributed by atoms with van der Waals surface area (Å²) in [5.74, 6) is 0.136. The summed E-state index contributed by atoms with van der Waals surface area (Å²) < 4.78 is 0. The summed E-state index contributed by atoms with van der Waals surface area (Å²) in [7, 11) is 0. The number of hydrogen-bond acceptors (Lipinski definition) is 2. The van der Waals surface area contributed by atoms with Crippen molar-refractivity contribution in [3.8, 4) is 22.4 Å². The summed E-state index contributed by atoms with van der Waals surface area (Å²) in [4.78, 5) is 3.40. The van der Waals surface area contributed by atoms with Gasteiger partial charge in [-0.05, 0) is 28.8 Å². The van der Waals surface area contributed by atoms with Crippen molar-refractivity contribution in [3.05, 3.63) is 83.9 Å². The summed E-state index contributed by atoms with van der Waals surface area (Å²) in [5, 5.41) is 16.1. The van der Waals surface area contributed by atoms with E-state index in [1.807, 2.05) is 42.5 Å². The molecule has 5 nitrogen and oxygen atoms in total. The molecule has 7 heteroatoms. The minimum Gasteiger partial charge on any atom is -0.384 e. The van der Waals surface area contributed by atoms with Crippen molar-refractivity contribution in [1.29, 1.82) is 10.8 Å². The highest BCUT2D eigenvalue weighted by Crippen LogP contribution is 2.27. The van der Waals surface area contributed by atoms with Gasteiger partial charge in [0.25, 0.3) is 0 Å². The Balaban J connectivity index is 0.00000150. The normalized spacial score (nSPS) is 10.1. The summed E-state index contributed by atoms with van der Waals surface area (Å²) in [6.07, 6.45) is 0. The van der Waals surface area contributed by atoms with E-state index in [2.05, 4.69) is 35.3 Å². The minimum atomic E-state index is 0. The molecule has 3 aromatic carbocycles. The number of aromatic amines is 1. The molecule has 0 aliphatic heterocycles. The molecular formula is C22H21Cl2N5. The van der Waals surface area contributed by atoms with Crippen molar-refractivity contribution < 1.29 is 0 Å². The first-order valence-corrected chi connectivity index (χ1v) is 8.54. The predicted octanol–water partition coefficient (Wildman–Crippen LogP) is 4.91. The predicted molar refractivity (Wildman–Crippen MR) is 126 cm³/mol. The van der Waals surface area contributed by atoms with Gasteiger partial charge in [0.1, 0.15) is 11.7 Å². The van der Waals surface area contributed by atoms with Crippen molar-refractivity contribution in [2.45, 2.75) is 0 Å². The molecule has 0 spiro atoms. The van der Waals surface area contributed by atoms with Gasteiger partial charge >= 0.3 is 0 Å². The standard InChI is InChI=1S/C22H19N5.2ClH/c23-21(24)16-7-3-14(4-8-16)13-1-5-15(6-2-13)19-11-17-9-10-18(22(25)26)12-20(17)27-19;;/h1-12,27H,(H3,23,24)(H3,25,26);2*1H. The van der Waals surface area contributed by atoms with E-state index in [0.717, 1.165) is 38.9 Å². The van der Waals surface area contributed by atoms with Crippen molar-refractivity contribution in [2.75, 3.05) is 0 Å². The van der Waals surface area contributed by atoms with Crippen LogP contribution in [0.5, 0.6) is 0 Å². The van der Waals surface area contributed by atoms with Crippen LogP contribution in [0.25, 0.3) is 33.3 Å². The summed E-state index contributed by atoms with van der Waals surface area (Å²) in [6.45, 7) is 0. The van der Waals surface area contributed by atoms with E-state index in [9.17, 15) is 0 Å². The lowest BCUT2D eigenvalue weighted by atomic mass is 10.0. The van der Waals surface area contributed by atoms with Crippen molar-refractivity contribution in [1.82, 2.24) is 4.98 Å². The van der Waals surface area contributed by atoms with Crippen LogP contribution < -0.4 is 11.5 Å². The number of H-pyrrole nitrogens is 1. The highest BCUT2D eigenvalue weighted by atomic mass is 35.5. The van der Waals surface area contributed by atoms with E-state index in [1.165, 1.54) is 0 Å². The second kappa shape index (κ2) is 8.82. The maximum atomic E-state index is 7.57. The third-order valence-corrected chi connectivity index (χ3v) is 4.66. The van der Waals surface area contributed by atoms with Gasteiger partial charge in [0, 0.05) is 27.7 Å². The maximum Gasteiger partial charge on any atom is 0.122 e. The number of aromatic nitrogens is 1. The molecule has 29 heavy (non-hydrogen) atoms. The van der Waals surface area contributed by atoms with Crippen LogP contribution in [-0.4, -0.2) is 16.7 Å². The van der Waals surface area contributed by atoms with Gasteiger partial charge < -0.3 is 16.5 Å². The second-order valence-electron chi connectivity index (χ2n) is 6.47. The Morgan fingerprint density at radius 3 is 1.66 bits per heavy atom.